The molecule has 1 aromatic heterocycles. The molecule has 3 heteroatoms. The van der Waals surface area contributed by atoms with E-state index in [4.69, 9.17) is 9.15 Å². The van der Waals surface area contributed by atoms with Gasteiger partial charge < -0.3 is 9.15 Å². The first-order valence-corrected chi connectivity index (χ1v) is 4.94. The van der Waals surface area contributed by atoms with Crippen LogP contribution in [0.15, 0.2) is 22.6 Å². The highest BCUT2D eigenvalue weighted by molar-refractivity contribution is 5.96. The molecule has 1 aliphatic rings. The molecule has 15 heavy (non-hydrogen) atoms. The number of rotatable bonds is 1. The van der Waals surface area contributed by atoms with Gasteiger partial charge in [0.2, 0.25) is 0 Å². The van der Waals surface area contributed by atoms with Crippen molar-refractivity contribution in [3.05, 3.63) is 29.5 Å². The fourth-order valence-corrected chi connectivity index (χ4v) is 1.89. The Morgan fingerprint density at radius 2 is 2.20 bits per heavy atom. The van der Waals surface area contributed by atoms with E-state index in [0.717, 1.165) is 29.7 Å². The molecule has 0 N–H and O–H groups in total. The molecule has 3 rings (SSSR count). The van der Waals surface area contributed by atoms with Crippen LogP contribution in [0.4, 0.5) is 0 Å². The summed E-state index contributed by atoms with van der Waals surface area (Å²) in [5, 5.41) is 0.976. The number of benzene rings is 1. The molecule has 3 nitrogen and oxygen atoms in total. The van der Waals surface area contributed by atoms with Crippen molar-refractivity contribution < 1.29 is 13.9 Å². The van der Waals surface area contributed by atoms with Gasteiger partial charge in [-0.25, -0.2) is 0 Å². The monoisotopic (exact) mass is 202 g/mol. The largest absolute Gasteiger partial charge is 0.493 e. The van der Waals surface area contributed by atoms with Gasteiger partial charge in [-0.05, 0) is 17.7 Å². The van der Waals surface area contributed by atoms with Gasteiger partial charge >= 0.3 is 0 Å². The molecule has 0 radical (unpaired) electrons. The van der Waals surface area contributed by atoms with Gasteiger partial charge in [0.1, 0.15) is 11.3 Å². The lowest BCUT2D eigenvalue weighted by Crippen LogP contribution is -1.86. The number of ether oxygens (including phenoxy) is 1. The quantitative estimate of drug-likeness (QED) is 0.667. The summed E-state index contributed by atoms with van der Waals surface area (Å²) >= 11 is 0. The topological polar surface area (TPSA) is 39.4 Å². The normalized spacial score (nSPS) is 13.9. The number of hydrogen-bond donors (Lipinski definition) is 0. The van der Waals surface area contributed by atoms with E-state index < -0.39 is 0 Å². The van der Waals surface area contributed by atoms with E-state index in [1.165, 1.54) is 12.5 Å². The molecule has 0 saturated heterocycles. The van der Waals surface area contributed by atoms with Crippen LogP contribution in [0.25, 0.3) is 11.0 Å². The van der Waals surface area contributed by atoms with Gasteiger partial charge in [0, 0.05) is 24.8 Å². The highest BCUT2D eigenvalue weighted by Crippen LogP contribution is 2.32. The minimum Gasteiger partial charge on any atom is -0.493 e. The van der Waals surface area contributed by atoms with Crippen molar-refractivity contribution in [2.75, 3.05) is 6.61 Å². The summed E-state index contributed by atoms with van der Waals surface area (Å²) in [6, 6.07) is 5.69. The Kier molecular flexibility index (Phi) is 1.63. The van der Waals surface area contributed by atoms with Gasteiger partial charge in [-0.2, -0.15) is 0 Å². The molecule has 0 unspecified atom stereocenters. The highest BCUT2D eigenvalue weighted by Gasteiger charge is 2.16. The van der Waals surface area contributed by atoms with Crippen LogP contribution < -0.4 is 4.74 Å². The molecule has 0 bridgehead atoms. The molecule has 0 spiro atoms. The molecule has 2 aromatic rings. The highest BCUT2D eigenvalue weighted by atomic mass is 16.5. The Morgan fingerprint density at radius 3 is 3.00 bits per heavy atom. The number of carbonyl (C=O) groups is 1. The molecular formula is C12H10O3. The van der Waals surface area contributed by atoms with Gasteiger partial charge in [0.05, 0.1) is 6.61 Å². The van der Waals surface area contributed by atoms with Crippen molar-refractivity contribution in [1.29, 1.82) is 0 Å². The number of furan rings is 1. The zero-order valence-electron chi connectivity index (χ0n) is 8.37. The zero-order valence-corrected chi connectivity index (χ0v) is 8.37. The maximum atomic E-state index is 11.1. The van der Waals surface area contributed by atoms with E-state index in [1.54, 1.807) is 6.07 Å². The van der Waals surface area contributed by atoms with Crippen LogP contribution >= 0.6 is 0 Å². The van der Waals surface area contributed by atoms with Crippen molar-refractivity contribution in [2.24, 2.45) is 0 Å². The summed E-state index contributed by atoms with van der Waals surface area (Å²) in [6.45, 7) is 2.24. The van der Waals surface area contributed by atoms with Crippen LogP contribution in [0.2, 0.25) is 0 Å². The smallest absolute Gasteiger partial charge is 0.194 e. The van der Waals surface area contributed by atoms with Gasteiger partial charge in [0.25, 0.3) is 0 Å². The lowest BCUT2D eigenvalue weighted by atomic mass is 10.1. The van der Waals surface area contributed by atoms with E-state index in [-0.39, 0.29) is 5.78 Å². The fraction of sp³-hybridized carbons (Fsp3) is 0.250. The van der Waals surface area contributed by atoms with Crippen LogP contribution in [0, 0.1) is 0 Å². The molecule has 0 saturated carbocycles. The van der Waals surface area contributed by atoms with Gasteiger partial charge in [0.15, 0.2) is 11.5 Å². The predicted molar refractivity (Wildman–Crippen MR) is 55.4 cm³/mol. The molecule has 1 aliphatic heterocycles. The molecular weight excluding hydrogens is 192 g/mol. The molecule has 2 heterocycles. The summed E-state index contributed by atoms with van der Waals surface area (Å²) < 4.78 is 10.9. The molecule has 1 aromatic carbocycles. The van der Waals surface area contributed by atoms with E-state index in [0.29, 0.717) is 5.76 Å². The van der Waals surface area contributed by atoms with Gasteiger partial charge in [-0.1, -0.05) is 0 Å². The summed E-state index contributed by atoms with van der Waals surface area (Å²) in [5.74, 6) is 1.24. The summed E-state index contributed by atoms with van der Waals surface area (Å²) in [6.07, 6.45) is 0.936. The van der Waals surface area contributed by atoms with Gasteiger partial charge in [-0.15, -0.1) is 0 Å². The van der Waals surface area contributed by atoms with Crippen LogP contribution in [0.3, 0.4) is 0 Å². The Balaban J connectivity index is 2.24. The van der Waals surface area contributed by atoms with E-state index in [1.807, 2.05) is 12.1 Å². The van der Waals surface area contributed by atoms with E-state index in [2.05, 4.69) is 0 Å². The number of carbonyl (C=O) groups excluding carboxylic acids is 1. The van der Waals surface area contributed by atoms with Crippen molar-refractivity contribution in [3.63, 3.8) is 0 Å². The summed E-state index contributed by atoms with van der Waals surface area (Å²) in [4.78, 5) is 11.1. The van der Waals surface area contributed by atoms with Crippen molar-refractivity contribution >= 4 is 16.8 Å². The second kappa shape index (κ2) is 2.86. The third kappa shape index (κ3) is 1.23. The van der Waals surface area contributed by atoms with E-state index in [9.17, 15) is 4.79 Å². The number of ketones is 1. The second-order valence-electron chi connectivity index (χ2n) is 3.76. The summed E-state index contributed by atoms with van der Waals surface area (Å²) in [7, 11) is 0. The maximum Gasteiger partial charge on any atom is 0.194 e. The second-order valence-corrected chi connectivity index (χ2v) is 3.76. The average Bonchev–Trinajstić information content (AvgIpc) is 2.77. The number of fused-ring (bicyclic) bond motifs is 2. The third-order valence-corrected chi connectivity index (χ3v) is 2.68. The first kappa shape index (κ1) is 8.53. The lowest BCUT2D eigenvalue weighted by molar-refractivity contribution is 0.0989. The first-order valence-electron chi connectivity index (χ1n) is 4.94. The molecule has 0 amide bonds. The standard InChI is InChI=1S/C12H10O3/c1-7(13)10-5-9-4-8-2-3-14-11(8)6-12(9)15-10/h4-6H,2-3H2,1H3. The molecule has 0 aliphatic carbocycles. The SMILES string of the molecule is CC(=O)c1cc2cc3c(cc2o1)OCC3. The van der Waals surface area contributed by atoms with Crippen LogP contribution in [-0.2, 0) is 6.42 Å². The number of hydrogen-bond acceptors (Lipinski definition) is 3. The first-order chi connectivity index (χ1) is 7.24. The number of Topliss-reactive ketones (excluding diaryl/α,β-unsaturated/α-hetero) is 1. The van der Waals surface area contributed by atoms with Crippen LogP contribution in [-0.4, -0.2) is 12.4 Å². The van der Waals surface area contributed by atoms with Crippen molar-refractivity contribution in [3.8, 4) is 5.75 Å². The molecule has 76 valence electrons. The Labute approximate surface area is 86.6 Å². The van der Waals surface area contributed by atoms with Crippen LogP contribution in [0.5, 0.6) is 5.75 Å². The molecule has 0 atom stereocenters. The third-order valence-electron chi connectivity index (χ3n) is 2.68. The maximum absolute atomic E-state index is 11.1. The zero-order chi connectivity index (χ0) is 10.4. The fourth-order valence-electron chi connectivity index (χ4n) is 1.89. The van der Waals surface area contributed by atoms with Crippen LogP contribution in [0.1, 0.15) is 23.0 Å². The average molecular weight is 202 g/mol. The minimum absolute atomic E-state index is 0.0488. The van der Waals surface area contributed by atoms with Crippen molar-refractivity contribution in [1.82, 2.24) is 0 Å². The predicted octanol–water partition coefficient (Wildman–Crippen LogP) is 2.57. The summed E-state index contributed by atoms with van der Waals surface area (Å²) in [5.41, 5.74) is 1.92. The molecule has 0 fully saturated rings. The lowest BCUT2D eigenvalue weighted by Gasteiger charge is -1.96. The Bertz CT molecular complexity index is 510. The Morgan fingerprint density at radius 1 is 1.33 bits per heavy atom. The minimum atomic E-state index is -0.0488. The van der Waals surface area contributed by atoms with Crippen molar-refractivity contribution in [2.45, 2.75) is 13.3 Å². The van der Waals surface area contributed by atoms with E-state index >= 15 is 0 Å². The Hall–Kier alpha value is -1.77. The van der Waals surface area contributed by atoms with Gasteiger partial charge in [-0.3, -0.25) is 4.79 Å².